The molecule has 0 unspecified atom stereocenters. The third-order valence-electron chi connectivity index (χ3n) is 4.98. The lowest BCUT2D eigenvalue weighted by molar-refractivity contribution is 0.0980. The fraction of sp³-hybridized carbons (Fsp3) is 0.364. The summed E-state index contributed by atoms with van der Waals surface area (Å²) in [4.78, 5) is 28.3. The Morgan fingerprint density at radius 1 is 1.15 bits per heavy atom. The van der Waals surface area contributed by atoms with E-state index in [9.17, 15) is 9.59 Å². The van der Waals surface area contributed by atoms with Gasteiger partial charge in [-0.2, -0.15) is 0 Å². The molecule has 0 fully saturated rings. The minimum absolute atomic E-state index is 0.0939. The van der Waals surface area contributed by atoms with Crippen molar-refractivity contribution in [2.75, 3.05) is 14.2 Å². The largest absolute Gasteiger partial charge is 0.493 e. The Balaban J connectivity index is 1.95. The van der Waals surface area contributed by atoms with Gasteiger partial charge in [-0.15, -0.1) is 0 Å². The number of ketones is 1. The molecule has 0 spiro atoms. The number of nitrogens with one attached hydrogen (secondary N) is 1. The Hall–Kier alpha value is -2.82. The molecule has 27 heavy (non-hydrogen) atoms. The maximum absolute atomic E-state index is 12.9. The van der Waals surface area contributed by atoms with Gasteiger partial charge in [0.15, 0.2) is 22.7 Å². The number of allylic oxidation sites excluding steroid dienone is 6. The summed E-state index contributed by atoms with van der Waals surface area (Å²) >= 11 is 0. The Bertz CT molecular complexity index is 928. The first kappa shape index (κ1) is 19.0. The van der Waals surface area contributed by atoms with Crippen LogP contribution in [0.15, 0.2) is 58.0 Å². The molecule has 1 heterocycles. The second-order valence-corrected chi connectivity index (χ2v) is 6.68. The van der Waals surface area contributed by atoms with Gasteiger partial charge in [-0.05, 0) is 36.1 Å². The highest BCUT2D eigenvalue weighted by molar-refractivity contribution is 5.95. The Labute approximate surface area is 159 Å². The Morgan fingerprint density at radius 3 is 2.63 bits per heavy atom. The van der Waals surface area contributed by atoms with Crippen molar-refractivity contribution in [3.05, 3.63) is 80.2 Å². The number of aromatic amines is 1. The molecule has 2 aliphatic carbocycles. The minimum atomic E-state index is -0.141. The van der Waals surface area contributed by atoms with Crippen LogP contribution >= 0.6 is 0 Å². The highest BCUT2D eigenvalue weighted by Crippen LogP contribution is 2.29. The van der Waals surface area contributed by atoms with Crippen molar-refractivity contribution in [3.63, 3.8) is 0 Å². The van der Waals surface area contributed by atoms with E-state index < -0.39 is 0 Å². The maximum Gasteiger partial charge on any atom is 0.196 e. The third kappa shape index (κ3) is 3.82. The van der Waals surface area contributed by atoms with Crippen LogP contribution in [0.3, 0.4) is 0 Å². The van der Waals surface area contributed by atoms with Crippen molar-refractivity contribution in [1.29, 1.82) is 0 Å². The molecule has 0 aromatic carbocycles. The van der Waals surface area contributed by atoms with Crippen molar-refractivity contribution < 1.29 is 14.3 Å². The molecule has 142 valence electrons. The normalized spacial score (nSPS) is 16.3. The summed E-state index contributed by atoms with van der Waals surface area (Å²) in [6, 6.07) is 0. The summed E-state index contributed by atoms with van der Waals surface area (Å²) < 4.78 is 10.8. The lowest BCUT2D eigenvalue weighted by Crippen LogP contribution is -2.24. The average Bonchev–Trinajstić information content (AvgIpc) is 2.90. The van der Waals surface area contributed by atoms with Gasteiger partial charge >= 0.3 is 0 Å². The fourth-order valence-corrected chi connectivity index (χ4v) is 3.50. The Morgan fingerprint density at radius 2 is 1.93 bits per heavy atom. The zero-order chi connectivity index (χ0) is 19.4. The molecule has 0 radical (unpaired) electrons. The highest BCUT2D eigenvalue weighted by atomic mass is 16.5. The van der Waals surface area contributed by atoms with Crippen molar-refractivity contribution in [2.45, 2.75) is 39.0 Å². The van der Waals surface area contributed by atoms with Gasteiger partial charge < -0.3 is 14.5 Å². The monoisotopic (exact) mass is 367 g/mol. The van der Waals surface area contributed by atoms with Gasteiger partial charge in [0, 0.05) is 36.7 Å². The fourth-order valence-electron chi connectivity index (χ4n) is 3.50. The van der Waals surface area contributed by atoms with E-state index in [2.05, 4.69) is 11.1 Å². The summed E-state index contributed by atoms with van der Waals surface area (Å²) in [5, 5.41) is 0. The maximum atomic E-state index is 12.9. The molecule has 5 heteroatoms. The van der Waals surface area contributed by atoms with Gasteiger partial charge in [0.2, 0.25) is 0 Å². The number of Topliss-reactive ketones (excluding diaryl/α,β-unsaturated/α-hetero) is 1. The molecule has 2 aliphatic rings. The second kappa shape index (κ2) is 8.25. The van der Waals surface area contributed by atoms with Gasteiger partial charge in [0.1, 0.15) is 0 Å². The van der Waals surface area contributed by atoms with Gasteiger partial charge in [0.05, 0.1) is 19.8 Å². The molecule has 3 rings (SSSR count). The van der Waals surface area contributed by atoms with E-state index in [1.54, 1.807) is 20.4 Å². The molecule has 1 aromatic rings. The van der Waals surface area contributed by atoms with Gasteiger partial charge in [-0.1, -0.05) is 19.1 Å². The van der Waals surface area contributed by atoms with Crippen LogP contribution in [0, 0.1) is 0 Å². The molecule has 0 amide bonds. The first-order valence-electron chi connectivity index (χ1n) is 9.24. The SMILES string of the molecule is CCCC(=O)c1c[nH]c2c(c1=O)CC(C1=CC(OC)=C(OC)C=CC1)=CC2. The van der Waals surface area contributed by atoms with E-state index in [0.717, 1.165) is 29.7 Å². The predicted molar refractivity (Wildman–Crippen MR) is 105 cm³/mol. The molecule has 5 nitrogen and oxygen atoms in total. The number of hydrogen-bond acceptors (Lipinski definition) is 4. The summed E-state index contributed by atoms with van der Waals surface area (Å²) in [7, 11) is 3.23. The Kier molecular flexibility index (Phi) is 5.79. The van der Waals surface area contributed by atoms with E-state index in [0.29, 0.717) is 36.3 Å². The molecular weight excluding hydrogens is 342 g/mol. The summed E-state index contributed by atoms with van der Waals surface area (Å²) in [6.45, 7) is 1.94. The van der Waals surface area contributed by atoms with Crippen LogP contribution in [0.2, 0.25) is 0 Å². The number of hydrogen-bond donors (Lipinski definition) is 1. The quantitative estimate of drug-likeness (QED) is 0.777. The smallest absolute Gasteiger partial charge is 0.196 e. The van der Waals surface area contributed by atoms with Gasteiger partial charge in [-0.25, -0.2) is 0 Å². The molecule has 0 saturated carbocycles. The number of methoxy groups -OCH3 is 2. The molecule has 1 N–H and O–H groups in total. The number of ether oxygens (including phenoxy) is 2. The van der Waals surface area contributed by atoms with E-state index in [1.807, 2.05) is 25.2 Å². The van der Waals surface area contributed by atoms with Crippen LogP contribution in [0.5, 0.6) is 0 Å². The highest BCUT2D eigenvalue weighted by Gasteiger charge is 2.22. The zero-order valence-corrected chi connectivity index (χ0v) is 16.1. The number of carbonyl (C=O) groups is 1. The number of H-pyrrole nitrogens is 1. The van der Waals surface area contributed by atoms with Crippen molar-refractivity contribution in [2.24, 2.45) is 0 Å². The predicted octanol–water partition coefficient (Wildman–Crippen LogP) is 3.77. The summed E-state index contributed by atoms with van der Waals surface area (Å²) in [6.07, 6.45) is 12.6. The van der Waals surface area contributed by atoms with Crippen molar-refractivity contribution in [1.82, 2.24) is 4.98 Å². The van der Waals surface area contributed by atoms with Gasteiger partial charge in [-0.3, -0.25) is 9.59 Å². The summed E-state index contributed by atoms with van der Waals surface area (Å²) in [5.74, 6) is 1.24. The lowest BCUT2D eigenvalue weighted by Gasteiger charge is -2.19. The van der Waals surface area contributed by atoms with E-state index in [1.165, 1.54) is 0 Å². The molecule has 0 saturated heterocycles. The van der Waals surface area contributed by atoms with E-state index >= 15 is 0 Å². The zero-order valence-electron chi connectivity index (χ0n) is 16.1. The molecule has 0 aliphatic heterocycles. The molecular formula is C22H25NO4. The third-order valence-corrected chi connectivity index (χ3v) is 4.98. The minimum Gasteiger partial charge on any atom is -0.493 e. The number of fused-ring (bicyclic) bond motifs is 1. The van der Waals surface area contributed by atoms with Crippen molar-refractivity contribution in [3.8, 4) is 0 Å². The van der Waals surface area contributed by atoms with E-state index in [4.69, 9.17) is 9.47 Å². The van der Waals surface area contributed by atoms with Crippen LogP contribution in [-0.2, 0) is 22.3 Å². The number of aromatic nitrogens is 1. The number of pyridine rings is 1. The van der Waals surface area contributed by atoms with Crippen molar-refractivity contribution >= 4 is 5.78 Å². The molecule has 0 atom stereocenters. The first-order valence-corrected chi connectivity index (χ1v) is 9.24. The lowest BCUT2D eigenvalue weighted by atomic mass is 9.88. The van der Waals surface area contributed by atoms with Crippen LogP contribution in [0.25, 0.3) is 0 Å². The number of rotatable bonds is 6. The van der Waals surface area contributed by atoms with E-state index in [-0.39, 0.29) is 16.8 Å². The van der Waals surface area contributed by atoms with Crippen LogP contribution in [-0.4, -0.2) is 25.0 Å². The number of carbonyl (C=O) groups excluding carboxylic acids is 1. The molecule has 1 aromatic heterocycles. The average molecular weight is 367 g/mol. The van der Waals surface area contributed by atoms with Crippen LogP contribution < -0.4 is 5.43 Å². The van der Waals surface area contributed by atoms with Crippen LogP contribution in [0.1, 0.15) is 47.8 Å². The van der Waals surface area contributed by atoms with Crippen LogP contribution in [0.4, 0.5) is 0 Å². The first-order chi connectivity index (χ1) is 13.1. The topological polar surface area (TPSA) is 68.4 Å². The van der Waals surface area contributed by atoms with Gasteiger partial charge in [0.25, 0.3) is 0 Å². The molecule has 0 bridgehead atoms. The second-order valence-electron chi connectivity index (χ2n) is 6.68. The summed E-state index contributed by atoms with van der Waals surface area (Å²) in [5.41, 5.74) is 3.89. The standard InChI is InChI=1S/C22H25NO4/c1-4-6-19(24)17-13-23-18-10-9-15(11-16(18)22(17)25)14-7-5-8-20(26-2)21(12-14)27-3/h5,8-9,12-13H,4,6-7,10-11H2,1-3H3,(H,23,25).